The molecule has 2 N–H and O–H groups in total. The van der Waals surface area contributed by atoms with E-state index in [0.717, 1.165) is 39.3 Å². The molecule has 0 amide bonds. The monoisotopic (exact) mass is 278 g/mol. The van der Waals surface area contributed by atoms with Crippen LogP contribution in [-0.2, 0) is 4.74 Å². The third-order valence-corrected chi connectivity index (χ3v) is 3.63. The van der Waals surface area contributed by atoms with Crippen molar-refractivity contribution in [2.45, 2.75) is 40.2 Å². The maximum Gasteiger partial charge on any atom is 0.0593 e. The van der Waals surface area contributed by atoms with Crippen molar-refractivity contribution in [3.8, 4) is 0 Å². The third-order valence-electron chi connectivity index (χ3n) is 3.63. The first kappa shape index (κ1) is 17.2. The number of rotatable bonds is 9. The average molecular weight is 278 g/mol. The van der Waals surface area contributed by atoms with Crippen LogP contribution in [0, 0.1) is 13.8 Å². The Morgan fingerprint density at radius 3 is 2.30 bits per heavy atom. The van der Waals surface area contributed by atoms with E-state index in [1.807, 2.05) is 6.92 Å². The Hall–Kier alpha value is -0.900. The van der Waals surface area contributed by atoms with Gasteiger partial charge in [0.2, 0.25) is 0 Å². The van der Waals surface area contributed by atoms with E-state index < -0.39 is 0 Å². The fourth-order valence-corrected chi connectivity index (χ4v) is 2.48. The minimum Gasteiger partial charge on any atom is -0.380 e. The Bertz CT molecular complexity index is 372. The van der Waals surface area contributed by atoms with Crippen LogP contribution in [0.1, 0.15) is 43.0 Å². The molecule has 0 aromatic heterocycles. The summed E-state index contributed by atoms with van der Waals surface area (Å²) in [7, 11) is 0. The van der Waals surface area contributed by atoms with E-state index in [1.165, 1.54) is 16.7 Å². The molecule has 0 aliphatic rings. The average Bonchev–Trinajstić information content (AvgIpc) is 2.41. The van der Waals surface area contributed by atoms with Crippen LogP contribution >= 0.6 is 0 Å². The lowest BCUT2D eigenvalue weighted by Gasteiger charge is -2.22. The van der Waals surface area contributed by atoms with Gasteiger partial charge in [0.1, 0.15) is 0 Å². The molecule has 3 heteroatoms. The molecule has 1 atom stereocenters. The highest BCUT2D eigenvalue weighted by atomic mass is 16.5. The zero-order valence-corrected chi connectivity index (χ0v) is 13.5. The molecule has 0 aliphatic heterocycles. The van der Waals surface area contributed by atoms with E-state index >= 15 is 0 Å². The summed E-state index contributed by atoms with van der Waals surface area (Å²) in [6.07, 6.45) is 0.989. The molecular weight excluding hydrogens is 248 g/mol. The SMILES string of the molecule is CCOCCN(CC)CCC(N)c1cc(C)cc(C)c1. The normalized spacial score (nSPS) is 12.9. The van der Waals surface area contributed by atoms with Crippen LogP contribution in [0.15, 0.2) is 18.2 Å². The highest BCUT2D eigenvalue weighted by Crippen LogP contribution is 2.18. The van der Waals surface area contributed by atoms with Crippen molar-refractivity contribution in [2.75, 3.05) is 32.8 Å². The summed E-state index contributed by atoms with van der Waals surface area (Å²) in [5, 5.41) is 0. The van der Waals surface area contributed by atoms with Gasteiger partial charge in [-0.15, -0.1) is 0 Å². The summed E-state index contributed by atoms with van der Waals surface area (Å²) in [5.41, 5.74) is 10.2. The fraction of sp³-hybridized carbons (Fsp3) is 0.647. The summed E-state index contributed by atoms with van der Waals surface area (Å²) in [6.45, 7) is 13.1. The zero-order valence-electron chi connectivity index (χ0n) is 13.5. The van der Waals surface area contributed by atoms with Gasteiger partial charge < -0.3 is 15.4 Å². The van der Waals surface area contributed by atoms with Crippen LogP contribution in [0.2, 0.25) is 0 Å². The van der Waals surface area contributed by atoms with Gasteiger partial charge >= 0.3 is 0 Å². The van der Waals surface area contributed by atoms with Crippen molar-refractivity contribution in [1.82, 2.24) is 4.90 Å². The van der Waals surface area contributed by atoms with Crippen molar-refractivity contribution < 1.29 is 4.74 Å². The number of aryl methyl sites for hydroxylation is 2. The lowest BCUT2D eigenvalue weighted by Crippen LogP contribution is -2.30. The Kier molecular flexibility index (Phi) is 7.82. The third kappa shape index (κ3) is 6.04. The fourth-order valence-electron chi connectivity index (χ4n) is 2.48. The summed E-state index contributed by atoms with van der Waals surface area (Å²) in [5.74, 6) is 0. The van der Waals surface area contributed by atoms with Crippen LogP contribution in [0.3, 0.4) is 0 Å². The van der Waals surface area contributed by atoms with Crippen LogP contribution < -0.4 is 5.73 Å². The second-order valence-corrected chi connectivity index (χ2v) is 5.45. The summed E-state index contributed by atoms with van der Waals surface area (Å²) in [6, 6.07) is 6.72. The second-order valence-electron chi connectivity index (χ2n) is 5.45. The molecule has 20 heavy (non-hydrogen) atoms. The largest absolute Gasteiger partial charge is 0.380 e. The minimum atomic E-state index is 0.120. The summed E-state index contributed by atoms with van der Waals surface area (Å²) in [4.78, 5) is 2.40. The Morgan fingerprint density at radius 2 is 1.75 bits per heavy atom. The highest BCUT2D eigenvalue weighted by molar-refractivity contribution is 5.30. The van der Waals surface area contributed by atoms with Gasteiger partial charge in [-0.2, -0.15) is 0 Å². The molecule has 1 rings (SSSR count). The Labute approximate surface area is 124 Å². The molecule has 0 bridgehead atoms. The van der Waals surface area contributed by atoms with E-state index in [-0.39, 0.29) is 6.04 Å². The van der Waals surface area contributed by atoms with Crippen molar-refractivity contribution in [2.24, 2.45) is 5.73 Å². The topological polar surface area (TPSA) is 38.5 Å². The standard InChI is InChI=1S/C17H30N2O/c1-5-19(9-10-20-6-2)8-7-17(18)16-12-14(3)11-15(4)13-16/h11-13,17H,5-10,18H2,1-4H3. The maximum absolute atomic E-state index is 6.33. The molecule has 3 nitrogen and oxygen atoms in total. The molecular formula is C17H30N2O. The van der Waals surface area contributed by atoms with Gasteiger partial charge in [-0.25, -0.2) is 0 Å². The van der Waals surface area contributed by atoms with E-state index in [2.05, 4.69) is 43.9 Å². The highest BCUT2D eigenvalue weighted by Gasteiger charge is 2.10. The van der Waals surface area contributed by atoms with Gasteiger partial charge in [0.15, 0.2) is 0 Å². The Morgan fingerprint density at radius 1 is 1.10 bits per heavy atom. The first-order valence-corrected chi connectivity index (χ1v) is 7.70. The lowest BCUT2D eigenvalue weighted by atomic mass is 9.99. The van der Waals surface area contributed by atoms with Crippen LogP contribution in [0.4, 0.5) is 0 Å². The van der Waals surface area contributed by atoms with Gasteiger partial charge in [0.05, 0.1) is 6.61 Å². The van der Waals surface area contributed by atoms with E-state index in [0.29, 0.717) is 0 Å². The van der Waals surface area contributed by atoms with E-state index in [4.69, 9.17) is 10.5 Å². The molecule has 1 unspecified atom stereocenters. The first-order valence-electron chi connectivity index (χ1n) is 7.70. The first-order chi connectivity index (χ1) is 9.56. The number of hydrogen-bond acceptors (Lipinski definition) is 3. The molecule has 1 aromatic carbocycles. The zero-order chi connectivity index (χ0) is 15.0. The van der Waals surface area contributed by atoms with Crippen LogP contribution in [0.25, 0.3) is 0 Å². The van der Waals surface area contributed by atoms with Crippen molar-refractivity contribution >= 4 is 0 Å². The van der Waals surface area contributed by atoms with Crippen molar-refractivity contribution in [3.63, 3.8) is 0 Å². The van der Waals surface area contributed by atoms with Gasteiger partial charge in [-0.3, -0.25) is 0 Å². The summed E-state index contributed by atoms with van der Waals surface area (Å²) >= 11 is 0. The van der Waals surface area contributed by atoms with Gasteiger partial charge in [-0.05, 0) is 39.3 Å². The van der Waals surface area contributed by atoms with Crippen molar-refractivity contribution in [1.29, 1.82) is 0 Å². The molecule has 0 aliphatic carbocycles. The molecule has 0 saturated carbocycles. The second kappa shape index (κ2) is 9.11. The van der Waals surface area contributed by atoms with E-state index in [1.54, 1.807) is 0 Å². The minimum absolute atomic E-state index is 0.120. The number of likely N-dealkylation sites (N-methyl/N-ethyl adjacent to an activating group) is 1. The molecule has 0 heterocycles. The number of hydrogen-bond donors (Lipinski definition) is 1. The van der Waals surface area contributed by atoms with Gasteiger partial charge in [0, 0.05) is 25.7 Å². The molecule has 0 radical (unpaired) electrons. The number of nitrogens with two attached hydrogens (primary N) is 1. The number of benzene rings is 1. The smallest absolute Gasteiger partial charge is 0.0593 e. The molecule has 1 aromatic rings. The predicted molar refractivity (Wildman–Crippen MR) is 86.1 cm³/mol. The molecule has 114 valence electrons. The lowest BCUT2D eigenvalue weighted by molar-refractivity contribution is 0.114. The van der Waals surface area contributed by atoms with Gasteiger partial charge in [0.25, 0.3) is 0 Å². The van der Waals surface area contributed by atoms with Crippen LogP contribution in [0.5, 0.6) is 0 Å². The predicted octanol–water partition coefficient (Wildman–Crippen LogP) is 3.05. The number of ether oxygens (including phenoxy) is 1. The van der Waals surface area contributed by atoms with E-state index in [9.17, 15) is 0 Å². The molecule has 0 fully saturated rings. The quantitative estimate of drug-likeness (QED) is 0.706. The van der Waals surface area contributed by atoms with Gasteiger partial charge in [-0.1, -0.05) is 36.2 Å². The maximum atomic E-state index is 6.33. The molecule has 0 spiro atoms. The summed E-state index contributed by atoms with van der Waals surface area (Å²) < 4.78 is 5.42. The van der Waals surface area contributed by atoms with Crippen LogP contribution in [-0.4, -0.2) is 37.7 Å². The Balaban J connectivity index is 2.46. The molecule has 0 saturated heterocycles. The van der Waals surface area contributed by atoms with Crippen molar-refractivity contribution in [3.05, 3.63) is 34.9 Å². The number of nitrogens with zero attached hydrogens (tertiary/aromatic N) is 1.